The van der Waals surface area contributed by atoms with E-state index in [1.165, 1.54) is 51.7 Å². The zero-order valence-electron chi connectivity index (χ0n) is 14.1. The van der Waals surface area contributed by atoms with Gasteiger partial charge in [-0.2, -0.15) is 0 Å². The lowest BCUT2D eigenvalue weighted by Gasteiger charge is -2.30. The quantitative estimate of drug-likeness (QED) is 0.733. The molecule has 2 aliphatic rings. The fourth-order valence-corrected chi connectivity index (χ4v) is 3.15. The second-order valence-corrected chi connectivity index (χ2v) is 7.15. The number of hydrogen-bond donors (Lipinski definition) is 1. The fourth-order valence-electron chi connectivity index (χ4n) is 3.15. The normalized spacial score (nSPS) is 22.0. The van der Waals surface area contributed by atoms with Gasteiger partial charge in [-0.05, 0) is 76.9 Å². The predicted octanol–water partition coefficient (Wildman–Crippen LogP) is 2.94. The summed E-state index contributed by atoms with van der Waals surface area (Å²) in [6, 6.07) is 0.488. The lowest BCUT2D eigenvalue weighted by Crippen LogP contribution is -2.43. The monoisotopic (exact) mass is 295 g/mol. The van der Waals surface area contributed by atoms with E-state index in [2.05, 4.69) is 24.1 Å². The maximum absolute atomic E-state index is 12.0. The van der Waals surface area contributed by atoms with E-state index in [-0.39, 0.29) is 6.03 Å². The van der Waals surface area contributed by atoms with Crippen molar-refractivity contribution >= 4 is 6.03 Å². The van der Waals surface area contributed by atoms with Crippen LogP contribution in [0.4, 0.5) is 4.79 Å². The van der Waals surface area contributed by atoms with Crippen molar-refractivity contribution in [1.29, 1.82) is 0 Å². The van der Waals surface area contributed by atoms with Gasteiger partial charge in [-0.3, -0.25) is 0 Å². The number of nitrogens with one attached hydrogen (secondary N) is 1. The van der Waals surface area contributed by atoms with Crippen molar-refractivity contribution < 1.29 is 4.79 Å². The molecule has 0 radical (unpaired) electrons. The lowest BCUT2D eigenvalue weighted by atomic mass is 9.99. The van der Waals surface area contributed by atoms with Crippen LogP contribution in [0.15, 0.2) is 0 Å². The molecule has 2 fully saturated rings. The molecule has 2 amide bonds. The number of carbonyl (C=O) groups excluding carboxylic acids is 1. The Morgan fingerprint density at radius 2 is 1.90 bits per heavy atom. The summed E-state index contributed by atoms with van der Waals surface area (Å²) in [5.41, 5.74) is 0. The van der Waals surface area contributed by atoms with Crippen LogP contribution in [-0.2, 0) is 0 Å². The summed E-state index contributed by atoms with van der Waals surface area (Å²) in [6.07, 6.45) is 7.54. The minimum absolute atomic E-state index is 0.0983. The largest absolute Gasteiger partial charge is 0.338 e. The average Bonchev–Trinajstić information content (AvgIpc) is 3.31. The van der Waals surface area contributed by atoms with E-state index >= 15 is 0 Å². The molecule has 1 aliphatic carbocycles. The highest BCUT2D eigenvalue weighted by Crippen LogP contribution is 2.34. The first-order chi connectivity index (χ1) is 10.1. The molecule has 4 nitrogen and oxygen atoms in total. The van der Waals surface area contributed by atoms with Crippen molar-refractivity contribution in [3.63, 3.8) is 0 Å². The smallest absolute Gasteiger partial charge is 0.317 e. The van der Waals surface area contributed by atoms with E-state index < -0.39 is 0 Å². The summed E-state index contributed by atoms with van der Waals surface area (Å²) in [5, 5.41) is 3.06. The van der Waals surface area contributed by atoms with Crippen LogP contribution < -0.4 is 5.32 Å². The second-order valence-electron chi connectivity index (χ2n) is 7.15. The maximum atomic E-state index is 12.0. The van der Waals surface area contributed by atoms with Crippen molar-refractivity contribution in [2.24, 2.45) is 11.8 Å². The summed E-state index contributed by atoms with van der Waals surface area (Å²) < 4.78 is 0. The zero-order valence-corrected chi connectivity index (χ0v) is 14.1. The molecule has 21 heavy (non-hydrogen) atoms. The molecule has 1 aliphatic heterocycles. The number of unbranched alkanes of at least 4 members (excludes halogenated alkanes) is 1. The standard InChI is InChI=1S/C17H33N3O/c1-14-8-12-20(13-9-14)11-5-4-10-18-17(21)19(3)15(2)16-6-7-16/h14-16H,4-13H2,1-3H3,(H,18,21). The average molecular weight is 295 g/mol. The Morgan fingerprint density at radius 3 is 2.52 bits per heavy atom. The molecule has 1 saturated heterocycles. The van der Waals surface area contributed by atoms with Crippen molar-refractivity contribution in [2.75, 3.05) is 33.2 Å². The molecule has 1 unspecified atom stereocenters. The predicted molar refractivity (Wildman–Crippen MR) is 87.4 cm³/mol. The number of hydrogen-bond acceptors (Lipinski definition) is 2. The molecular formula is C17H33N3O. The number of likely N-dealkylation sites (tertiary alicyclic amines) is 1. The Kier molecular flexibility index (Phi) is 6.34. The number of nitrogens with zero attached hydrogens (tertiary/aromatic N) is 2. The SMILES string of the molecule is CC1CCN(CCCCNC(=O)N(C)C(C)C2CC2)CC1. The molecule has 0 aromatic carbocycles. The number of amides is 2. The van der Waals surface area contributed by atoms with Crippen molar-refractivity contribution in [1.82, 2.24) is 15.1 Å². The minimum Gasteiger partial charge on any atom is -0.338 e. The van der Waals surface area contributed by atoms with E-state index in [0.717, 1.165) is 24.8 Å². The first-order valence-electron chi connectivity index (χ1n) is 8.81. The lowest BCUT2D eigenvalue weighted by molar-refractivity contribution is 0.183. The van der Waals surface area contributed by atoms with Crippen LogP contribution in [0.3, 0.4) is 0 Å². The first-order valence-corrected chi connectivity index (χ1v) is 8.81. The van der Waals surface area contributed by atoms with Gasteiger partial charge in [0, 0.05) is 19.6 Å². The Hall–Kier alpha value is -0.770. The fraction of sp³-hybridized carbons (Fsp3) is 0.941. The third-order valence-electron chi connectivity index (χ3n) is 5.29. The van der Waals surface area contributed by atoms with Crippen LogP contribution in [0.1, 0.15) is 52.4 Å². The molecule has 1 N–H and O–H groups in total. The molecule has 0 bridgehead atoms. The maximum Gasteiger partial charge on any atom is 0.317 e. The van der Waals surface area contributed by atoms with Crippen molar-refractivity contribution in [3.8, 4) is 0 Å². The zero-order chi connectivity index (χ0) is 15.2. The van der Waals surface area contributed by atoms with Gasteiger partial charge in [-0.25, -0.2) is 4.79 Å². The van der Waals surface area contributed by atoms with Crippen LogP contribution in [0.25, 0.3) is 0 Å². The summed E-state index contributed by atoms with van der Waals surface area (Å²) in [6.45, 7) is 9.03. The second kappa shape index (κ2) is 8.02. The topological polar surface area (TPSA) is 35.6 Å². The summed E-state index contributed by atoms with van der Waals surface area (Å²) in [7, 11) is 1.92. The van der Waals surface area contributed by atoms with E-state index in [1.807, 2.05) is 11.9 Å². The highest BCUT2D eigenvalue weighted by Gasteiger charge is 2.32. The minimum atomic E-state index is 0.0983. The molecular weight excluding hydrogens is 262 g/mol. The van der Waals surface area contributed by atoms with Gasteiger partial charge in [0.1, 0.15) is 0 Å². The van der Waals surface area contributed by atoms with Gasteiger partial charge in [0.05, 0.1) is 0 Å². The Labute approximate surface area is 130 Å². The Morgan fingerprint density at radius 1 is 1.24 bits per heavy atom. The highest BCUT2D eigenvalue weighted by atomic mass is 16.2. The van der Waals surface area contributed by atoms with Crippen LogP contribution in [0.5, 0.6) is 0 Å². The van der Waals surface area contributed by atoms with Crippen LogP contribution in [0, 0.1) is 11.8 Å². The van der Waals surface area contributed by atoms with Crippen LogP contribution in [0.2, 0.25) is 0 Å². The van der Waals surface area contributed by atoms with Crippen LogP contribution in [-0.4, -0.2) is 55.1 Å². The first kappa shape index (κ1) is 16.6. The number of piperidine rings is 1. The number of rotatable bonds is 7. The van der Waals surface area contributed by atoms with Crippen LogP contribution >= 0.6 is 0 Å². The number of urea groups is 1. The molecule has 0 aromatic heterocycles. The molecule has 4 heteroatoms. The van der Waals surface area contributed by atoms with Gasteiger partial charge in [-0.1, -0.05) is 6.92 Å². The van der Waals surface area contributed by atoms with E-state index in [1.54, 1.807) is 0 Å². The third kappa shape index (κ3) is 5.50. The van der Waals surface area contributed by atoms with Crippen molar-refractivity contribution in [2.45, 2.75) is 58.4 Å². The van der Waals surface area contributed by atoms with Gasteiger partial charge in [0.25, 0.3) is 0 Å². The summed E-state index contributed by atoms with van der Waals surface area (Å²) in [5.74, 6) is 1.65. The van der Waals surface area contributed by atoms with Gasteiger partial charge >= 0.3 is 6.03 Å². The number of carbonyl (C=O) groups is 1. The van der Waals surface area contributed by atoms with Gasteiger partial charge < -0.3 is 15.1 Å². The molecule has 1 atom stereocenters. The Bertz CT molecular complexity index is 322. The van der Waals surface area contributed by atoms with E-state index in [4.69, 9.17) is 0 Å². The molecule has 122 valence electrons. The summed E-state index contributed by atoms with van der Waals surface area (Å²) >= 11 is 0. The molecule has 1 saturated carbocycles. The van der Waals surface area contributed by atoms with Crippen molar-refractivity contribution in [3.05, 3.63) is 0 Å². The Balaban J connectivity index is 1.50. The summed E-state index contributed by atoms with van der Waals surface area (Å²) in [4.78, 5) is 16.5. The van der Waals surface area contributed by atoms with E-state index in [9.17, 15) is 4.79 Å². The third-order valence-corrected chi connectivity index (χ3v) is 5.29. The van der Waals surface area contributed by atoms with Gasteiger partial charge in [-0.15, -0.1) is 0 Å². The van der Waals surface area contributed by atoms with Gasteiger partial charge in [0.2, 0.25) is 0 Å². The van der Waals surface area contributed by atoms with Gasteiger partial charge in [0.15, 0.2) is 0 Å². The molecule has 1 heterocycles. The van der Waals surface area contributed by atoms with E-state index in [0.29, 0.717) is 6.04 Å². The molecule has 0 aromatic rings. The molecule has 2 rings (SSSR count). The highest BCUT2D eigenvalue weighted by molar-refractivity contribution is 5.74. The molecule has 0 spiro atoms.